The van der Waals surface area contributed by atoms with E-state index < -0.39 is 0 Å². The highest BCUT2D eigenvalue weighted by Gasteiger charge is 2.34. The molecule has 0 unspecified atom stereocenters. The van der Waals surface area contributed by atoms with Gasteiger partial charge in [-0.1, -0.05) is 43.0 Å². The molecule has 3 heteroatoms. The molecule has 0 bridgehead atoms. The highest BCUT2D eigenvalue weighted by atomic mass is 35.5. The first-order chi connectivity index (χ1) is 10.2. The van der Waals surface area contributed by atoms with Gasteiger partial charge < -0.3 is 5.73 Å². The second kappa shape index (κ2) is 6.68. The lowest BCUT2D eigenvalue weighted by Gasteiger charge is -2.30. The standard InChI is InChI=1S/C18H27ClN2/c19-17-12-16(18(14-20)8-2-3-9-18)7-6-15(17)13-21-10-4-1-5-11-21/h6-7,12H,1-5,8-11,13-14,20H2. The Labute approximate surface area is 133 Å². The first kappa shape index (κ1) is 15.3. The van der Waals surface area contributed by atoms with Gasteiger partial charge in [-0.2, -0.15) is 0 Å². The minimum absolute atomic E-state index is 0.188. The second-order valence-corrected chi connectivity index (χ2v) is 7.24. The van der Waals surface area contributed by atoms with Crippen LogP contribution >= 0.6 is 11.6 Å². The highest BCUT2D eigenvalue weighted by Crippen LogP contribution is 2.41. The van der Waals surface area contributed by atoms with Crippen LogP contribution in [0.1, 0.15) is 56.1 Å². The molecule has 3 rings (SSSR count). The number of nitrogens with two attached hydrogens (primary N) is 1. The Kier molecular flexibility index (Phi) is 4.88. The number of nitrogens with zero attached hydrogens (tertiary/aromatic N) is 1. The second-order valence-electron chi connectivity index (χ2n) is 6.83. The number of hydrogen-bond acceptors (Lipinski definition) is 2. The minimum atomic E-state index is 0.188. The van der Waals surface area contributed by atoms with Crippen molar-refractivity contribution in [1.82, 2.24) is 4.90 Å². The van der Waals surface area contributed by atoms with Gasteiger partial charge in [0.05, 0.1) is 0 Å². The Morgan fingerprint density at radius 1 is 1.05 bits per heavy atom. The maximum Gasteiger partial charge on any atom is 0.0453 e. The number of halogens is 1. The predicted octanol–water partition coefficient (Wildman–Crippen LogP) is 4.10. The Balaban J connectivity index is 1.76. The molecule has 1 heterocycles. The van der Waals surface area contributed by atoms with Gasteiger partial charge in [-0.25, -0.2) is 0 Å². The lowest BCUT2D eigenvalue weighted by Crippen LogP contribution is -2.32. The van der Waals surface area contributed by atoms with Gasteiger partial charge in [0.15, 0.2) is 0 Å². The van der Waals surface area contributed by atoms with Crippen LogP contribution in [0, 0.1) is 0 Å². The predicted molar refractivity (Wildman–Crippen MR) is 89.8 cm³/mol. The van der Waals surface area contributed by atoms with Gasteiger partial charge in [0.25, 0.3) is 0 Å². The summed E-state index contributed by atoms with van der Waals surface area (Å²) >= 11 is 6.58. The van der Waals surface area contributed by atoms with Crippen molar-refractivity contribution < 1.29 is 0 Å². The van der Waals surface area contributed by atoms with Crippen LogP contribution < -0.4 is 5.73 Å². The molecule has 1 aliphatic carbocycles. The third-order valence-electron chi connectivity index (χ3n) is 5.46. The third kappa shape index (κ3) is 3.28. The van der Waals surface area contributed by atoms with Crippen LogP contribution in [0.25, 0.3) is 0 Å². The van der Waals surface area contributed by atoms with Crippen LogP contribution in [0.2, 0.25) is 5.02 Å². The van der Waals surface area contributed by atoms with Crippen molar-refractivity contribution in [3.63, 3.8) is 0 Å². The number of hydrogen-bond donors (Lipinski definition) is 1. The van der Waals surface area contributed by atoms with Gasteiger partial charge in [-0.05, 0) is 56.0 Å². The summed E-state index contributed by atoms with van der Waals surface area (Å²) in [5.74, 6) is 0. The van der Waals surface area contributed by atoms with Crippen LogP contribution in [-0.2, 0) is 12.0 Å². The molecule has 1 aliphatic heterocycles. The molecule has 1 aromatic carbocycles. The van der Waals surface area contributed by atoms with Crippen LogP contribution in [0.3, 0.4) is 0 Å². The number of rotatable bonds is 4. The Bertz CT molecular complexity index is 474. The topological polar surface area (TPSA) is 29.3 Å². The Morgan fingerprint density at radius 2 is 1.76 bits per heavy atom. The monoisotopic (exact) mass is 306 g/mol. The largest absolute Gasteiger partial charge is 0.330 e. The summed E-state index contributed by atoms with van der Waals surface area (Å²) in [6, 6.07) is 6.71. The molecule has 21 heavy (non-hydrogen) atoms. The summed E-state index contributed by atoms with van der Waals surface area (Å²) in [5, 5.41) is 0.929. The Morgan fingerprint density at radius 3 is 2.38 bits per heavy atom. The van der Waals surface area contributed by atoms with E-state index in [1.807, 2.05) is 0 Å². The van der Waals surface area contributed by atoms with Crippen molar-refractivity contribution in [3.05, 3.63) is 34.3 Å². The quantitative estimate of drug-likeness (QED) is 0.907. The molecule has 0 amide bonds. The van der Waals surface area contributed by atoms with E-state index in [9.17, 15) is 0 Å². The fraction of sp³-hybridized carbons (Fsp3) is 0.667. The fourth-order valence-electron chi connectivity index (χ4n) is 4.03. The van der Waals surface area contributed by atoms with Crippen molar-refractivity contribution in [2.75, 3.05) is 19.6 Å². The van der Waals surface area contributed by atoms with Gasteiger partial charge in [0.1, 0.15) is 0 Å². The molecule has 1 saturated heterocycles. The van der Waals surface area contributed by atoms with E-state index in [0.717, 1.165) is 18.1 Å². The van der Waals surface area contributed by atoms with Gasteiger partial charge in [0.2, 0.25) is 0 Å². The maximum atomic E-state index is 6.58. The minimum Gasteiger partial charge on any atom is -0.330 e. The maximum absolute atomic E-state index is 6.58. The van der Waals surface area contributed by atoms with Crippen molar-refractivity contribution in [3.8, 4) is 0 Å². The number of piperidine rings is 1. The highest BCUT2D eigenvalue weighted by molar-refractivity contribution is 6.31. The zero-order chi connectivity index (χ0) is 14.7. The van der Waals surface area contributed by atoms with Gasteiger partial charge in [0, 0.05) is 23.5 Å². The molecule has 2 fully saturated rings. The summed E-state index contributed by atoms with van der Waals surface area (Å²) in [7, 11) is 0. The van der Waals surface area contributed by atoms with Crippen LogP contribution in [-0.4, -0.2) is 24.5 Å². The average Bonchev–Trinajstić information content (AvgIpc) is 3.00. The summed E-state index contributed by atoms with van der Waals surface area (Å²) in [6.07, 6.45) is 9.05. The SMILES string of the molecule is NCC1(c2ccc(CN3CCCCC3)c(Cl)c2)CCCC1. The number of benzene rings is 1. The van der Waals surface area contributed by atoms with Gasteiger partial charge >= 0.3 is 0 Å². The van der Waals surface area contributed by atoms with Crippen molar-refractivity contribution in [2.45, 2.75) is 56.9 Å². The van der Waals surface area contributed by atoms with Gasteiger partial charge in [-0.3, -0.25) is 4.90 Å². The van der Waals surface area contributed by atoms with E-state index in [-0.39, 0.29) is 5.41 Å². The van der Waals surface area contributed by atoms with E-state index in [1.165, 1.54) is 69.2 Å². The molecule has 2 nitrogen and oxygen atoms in total. The van der Waals surface area contributed by atoms with E-state index in [2.05, 4.69) is 23.1 Å². The lowest BCUT2D eigenvalue weighted by molar-refractivity contribution is 0.221. The van der Waals surface area contributed by atoms with E-state index in [1.54, 1.807) is 0 Å². The molecule has 0 spiro atoms. The first-order valence-electron chi connectivity index (χ1n) is 8.45. The molecule has 0 atom stereocenters. The third-order valence-corrected chi connectivity index (χ3v) is 5.81. The van der Waals surface area contributed by atoms with Crippen LogP contribution in [0.15, 0.2) is 18.2 Å². The zero-order valence-electron chi connectivity index (χ0n) is 12.9. The summed E-state index contributed by atoms with van der Waals surface area (Å²) < 4.78 is 0. The smallest absolute Gasteiger partial charge is 0.0453 e. The molecule has 1 saturated carbocycles. The lowest BCUT2D eigenvalue weighted by atomic mass is 9.79. The summed E-state index contributed by atoms with van der Waals surface area (Å²) in [6.45, 7) is 4.17. The molecule has 0 aromatic heterocycles. The van der Waals surface area contributed by atoms with Crippen molar-refractivity contribution >= 4 is 11.6 Å². The number of likely N-dealkylation sites (tertiary alicyclic amines) is 1. The molecular formula is C18H27ClN2. The molecule has 0 radical (unpaired) electrons. The van der Waals surface area contributed by atoms with Crippen LogP contribution in [0.4, 0.5) is 0 Å². The fourth-order valence-corrected chi connectivity index (χ4v) is 4.27. The molecule has 116 valence electrons. The first-order valence-corrected chi connectivity index (χ1v) is 8.83. The van der Waals surface area contributed by atoms with Gasteiger partial charge in [-0.15, -0.1) is 0 Å². The molecule has 2 N–H and O–H groups in total. The average molecular weight is 307 g/mol. The molecule has 1 aromatic rings. The normalized spacial score (nSPS) is 22.6. The van der Waals surface area contributed by atoms with E-state index >= 15 is 0 Å². The summed E-state index contributed by atoms with van der Waals surface area (Å²) in [5.41, 5.74) is 8.90. The van der Waals surface area contributed by atoms with E-state index in [4.69, 9.17) is 17.3 Å². The molecule has 2 aliphatic rings. The Hall–Kier alpha value is -0.570. The van der Waals surface area contributed by atoms with Crippen molar-refractivity contribution in [1.29, 1.82) is 0 Å². The van der Waals surface area contributed by atoms with Crippen LogP contribution in [0.5, 0.6) is 0 Å². The van der Waals surface area contributed by atoms with Crippen molar-refractivity contribution in [2.24, 2.45) is 5.73 Å². The summed E-state index contributed by atoms with van der Waals surface area (Å²) in [4.78, 5) is 2.53. The molecular weight excluding hydrogens is 280 g/mol. The van der Waals surface area contributed by atoms with E-state index in [0.29, 0.717) is 0 Å². The zero-order valence-corrected chi connectivity index (χ0v) is 13.7.